The van der Waals surface area contributed by atoms with Gasteiger partial charge in [-0.25, -0.2) is 18.1 Å². The topological polar surface area (TPSA) is 76.9 Å². The van der Waals surface area contributed by atoms with Gasteiger partial charge < -0.3 is 0 Å². The van der Waals surface area contributed by atoms with Crippen LogP contribution in [-0.2, 0) is 16.6 Å². The highest BCUT2D eigenvalue weighted by Crippen LogP contribution is 2.11. The normalized spacial score (nSPS) is 13.4. The molecule has 1 atom stereocenters. The highest BCUT2D eigenvalue weighted by Gasteiger charge is 2.18. The summed E-state index contributed by atoms with van der Waals surface area (Å²) < 4.78 is 28.3. The van der Waals surface area contributed by atoms with Gasteiger partial charge in [-0.2, -0.15) is 5.10 Å². The lowest BCUT2D eigenvalue weighted by molar-refractivity contribution is 0.494. The highest BCUT2D eigenvalue weighted by molar-refractivity contribution is 7.89. The van der Waals surface area contributed by atoms with Gasteiger partial charge in [-0.3, -0.25) is 4.68 Å². The van der Waals surface area contributed by atoms with E-state index in [1.54, 1.807) is 30.1 Å². The third-order valence-electron chi connectivity index (χ3n) is 2.39. The lowest BCUT2D eigenvalue weighted by Gasteiger charge is -2.14. The lowest BCUT2D eigenvalue weighted by atomic mass is 10.4. The maximum Gasteiger partial charge on any atom is 0.242 e. The van der Waals surface area contributed by atoms with Crippen LogP contribution >= 0.6 is 11.6 Å². The van der Waals surface area contributed by atoms with Crippen molar-refractivity contribution in [2.45, 2.75) is 24.4 Å². The standard InChI is InChI=1S/C11H13ClN4O2S/c1-9(8-16-6-2-5-14-16)15-19(17,18)10-3-4-11(12)13-7-10/h2-7,9,15H,8H2,1H3. The van der Waals surface area contributed by atoms with Crippen molar-refractivity contribution in [2.24, 2.45) is 0 Å². The van der Waals surface area contributed by atoms with Crippen LogP contribution in [-0.4, -0.2) is 29.2 Å². The maximum atomic E-state index is 12.1. The van der Waals surface area contributed by atoms with E-state index in [1.807, 2.05) is 0 Å². The van der Waals surface area contributed by atoms with Gasteiger partial charge >= 0.3 is 0 Å². The summed E-state index contributed by atoms with van der Waals surface area (Å²) in [6, 6.07) is 4.34. The fourth-order valence-corrected chi connectivity index (χ4v) is 2.87. The van der Waals surface area contributed by atoms with Gasteiger partial charge in [-0.05, 0) is 25.1 Å². The van der Waals surface area contributed by atoms with Crippen LogP contribution in [0.25, 0.3) is 0 Å². The van der Waals surface area contributed by atoms with Crippen LogP contribution in [0.2, 0.25) is 5.15 Å². The molecule has 8 heteroatoms. The zero-order chi connectivity index (χ0) is 13.9. The van der Waals surface area contributed by atoms with Crippen LogP contribution in [0, 0.1) is 0 Å². The van der Waals surface area contributed by atoms with E-state index < -0.39 is 10.0 Å². The molecule has 0 aliphatic heterocycles. The van der Waals surface area contributed by atoms with E-state index in [0.29, 0.717) is 6.54 Å². The summed E-state index contributed by atoms with van der Waals surface area (Å²) in [5.41, 5.74) is 0. The Bertz CT molecular complexity index is 625. The number of pyridine rings is 1. The van der Waals surface area contributed by atoms with Crippen LogP contribution in [0.5, 0.6) is 0 Å². The minimum absolute atomic E-state index is 0.0872. The Morgan fingerprint density at radius 3 is 2.84 bits per heavy atom. The lowest BCUT2D eigenvalue weighted by Crippen LogP contribution is -2.35. The van der Waals surface area contributed by atoms with Gasteiger partial charge in [0.05, 0.1) is 6.54 Å². The number of halogens is 1. The van der Waals surface area contributed by atoms with E-state index in [9.17, 15) is 8.42 Å². The van der Waals surface area contributed by atoms with Gasteiger partial charge in [0.2, 0.25) is 10.0 Å². The van der Waals surface area contributed by atoms with Gasteiger partial charge in [0, 0.05) is 24.6 Å². The van der Waals surface area contributed by atoms with Crippen molar-refractivity contribution < 1.29 is 8.42 Å². The molecule has 0 aliphatic rings. The SMILES string of the molecule is CC(Cn1cccn1)NS(=O)(=O)c1ccc(Cl)nc1. The second-order valence-electron chi connectivity index (χ2n) is 4.07. The zero-order valence-electron chi connectivity index (χ0n) is 10.2. The number of nitrogens with one attached hydrogen (secondary N) is 1. The second kappa shape index (κ2) is 5.68. The molecule has 102 valence electrons. The van der Waals surface area contributed by atoms with Gasteiger partial charge in [0.1, 0.15) is 10.0 Å². The number of sulfonamides is 1. The summed E-state index contributed by atoms with van der Waals surface area (Å²) in [5.74, 6) is 0. The van der Waals surface area contributed by atoms with Gasteiger partial charge in [-0.15, -0.1) is 0 Å². The Kier molecular flexibility index (Phi) is 4.18. The Labute approximate surface area is 116 Å². The summed E-state index contributed by atoms with van der Waals surface area (Å²) in [6.45, 7) is 2.22. The molecule has 2 aromatic heterocycles. The van der Waals surface area contributed by atoms with E-state index in [1.165, 1.54) is 18.3 Å². The van der Waals surface area contributed by atoms with Crippen molar-refractivity contribution in [3.05, 3.63) is 41.9 Å². The van der Waals surface area contributed by atoms with E-state index >= 15 is 0 Å². The molecule has 2 rings (SSSR count). The zero-order valence-corrected chi connectivity index (χ0v) is 11.8. The predicted octanol–water partition coefficient (Wildman–Crippen LogP) is 1.30. The van der Waals surface area contributed by atoms with Crippen LogP contribution in [0.15, 0.2) is 41.7 Å². The molecule has 19 heavy (non-hydrogen) atoms. The van der Waals surface area contributed by atoms with Crippen LogP contribution in [0.4, 0.5) is 0 Å². The molecule has 0 aliphatic carbocycles. The average Bonchev–Trinajstić information content (AvgIpc) is 2.81. The fraction of sp³-hybridized carbons (Fsp3) is 0.273. The summed E-state index contributed by atoms with van der Waals surface area (Å²) in [7, 11) is -3.59. The minimum Gasteiger partial charge on any atom is -0.271 e. The van der Waals surface area contributed by atoms with Crippen LogP contribution in [0.3, 0.4) is 0 Å². The summed E-state index contributed by atoms with van der Waals surface area (Å²) in [4.78, 5) is 3.84. The van der Waals surface area contributed by atoms with Crippen LogP contribution in [0.1, 0.15) is 6.92 Å². The molecule has 0 bridgehead atoms. The molecule has 1 unspecified atom stereocenters. The Morgan fingerprint density at radius 2 is 2.26 bits per heavy atom. The molecule has 0 radical (unpaired) electrons. The molecule has 2 aromatic rings. The van der Waals surface area contributed by atoms with Crippen LogP contribution < -0.4 is 4.72 Å². The van der Waals surface area contributed by atoms with Gasteiger partial charge in [0.15, 0.2) is 0 Å². The number of aromatic nitrogens is 3. The molecule has 2 heterocycles. The molecule has 1 N–H and O–H groups in total. The molecule has 0 saturated carbocycles. The van der Waals surface area contributed by atoms with Gasteiger partial charge in [0.25, 0.3) is 0 Å². The molecular weight excluding hydrogens is 288 g/mol. The first-order valence-corrected chi connectivity index (χ1v) is 7.45. The van der Waals surface area contributed by atoms with E-state index in [0.717, 1.165) is 0 Å². The average molecular weight is 301 g/mol. The number of nitrogens with zero attached hydrogens (tertiary/aromatic N) is 3. The molecule has 0 aromatic carbocycles. The van der Waals surface area contributed by atoms with E-state index in [2.05, 4.69) is 14.8 Å². The smallest absolute Gasteiger partial charge is 0.242 e. The molecule has 0 amide bonds. The molecular formula is C11H13ClN4O2S. The Balaban J connectivity index is 2.06. The Hall–Kier alpha value is -1.44. The first-order valence-electron chi connectivity index (χ1n) is 5.59. The largest absolute Gasteiger partial charge is 0.271 e. The van der Waals surface area contributed by atoms with E-state index in [4.69, 9.17) is 11.6 Å². The Morgan fingerprint density at radius 1 is 1.47 bits per heavy atom. The van der Waals surface area contributed by atoms with Crippen molar-refractivity contribution in [3.8, 4) is 0 Å². The quantitative estimate of drug-likeness (QED) is 0.844. The molecule has 0 spiro atoms. The first kappa shape index (κ1) is 14.0. The fourth-order valence-electron chi connectivity index (χ4n) is 1.58. The first-order chi connectivity index (χ1) is 8.97. The third kappa shape index (κ3) is 3.76. The van der Waals surface area contributed by atoms with Crippen molar-refractivity contribution in [2.75, 3.05) is 0 Å². The number of rotatable bonds is 5. The third-order valence-corrected chi connectivity index (χ3v) is 4.19. The molecule has 6 nitrogen and oxygen atoms in total. The maximum absolute atomic E-state index is 12.1. The van der Waals surface area contributed by atoms with Crippen molar-refractivity contribution >= 4 is 21.6 Å². The van der Waals surface area contributed by atoms with E-state index in [-0.39, 0.29) is 16.1 Å². The van der Waals surface area contributed by atoms with Crippen molar-refractivity contribution in [1.29, 1.82) is 0 Å². The van der Waals surface area contributed by atoms with Crippen molar-refractivity contribution in [1.82, 2.24) is 19.5 Å². The minimum atomic E-state index is -3.59. The van der Waals surface area contributed by atoms with Gasteiger partial charge in [-0.1, -0.05) is 11.6 Å². The monoisotopic (exact) mass is 300 g/mol. The predicted molar refractivity (Wildman–Crippen MR) is 71.3 cm³/mol. The highest BCUT2D eigenvalue weighted by atomic mass is 35.5. The molecule has 0 fully saturated rings. The summed E-state index contributed by atoms with van der Waals surface area (Å²) in [5, 5.41) is 4.28. The van der Waals surface area contributed by atoms with Crippen molar-refractivity contribution in [3.63, 3.8) is 0 Å². The second-order valence-corrected chi connectivity index (χ2v) is 6.17. The molecule has 0 saturated heterocycles. The summed E-state index contributed by atoms with van der Waals surface area (Å²) in [6.07, 6.45) is 4.64. The number of hydrogen-bond donors (Lipinski definition) is 1. The summed E-state index contributed by atoms with van der Waals surface area (Å²) >= 11 is 5.62. The number of hydrogen-bond acceptors (Lipinski definition) is 4.